The third-order valence-electron chi connectivity index (χ3n) is 6.37. The fourth-order valence-corrected chi connectivity index (χ4v) is 5.35. The van der Waals surface area contributed by atoms with Crippen molar-refractivity contribution in [2.24, 2.45) is 0 Å². The van der Waals surface area contributed by atoms with Crippen LogP contribution in [0.2, 0.25) is 0 Å². The molecule has 3 amide bonds. The van der Waals surface area contributed by atoms with E-state index in [4.69, 9.17) is 0 Å². The number of anilines is 2. The zero-order valence-corrected chi connectivity index (χ0v) is 24.0. The molecule has 0 spiro atoms. The SMILES string of the molecule is O=C(Nc1cccc(SC(C(=O)Nc2ccccc2)c2ccccc2)c1)/C(=C/c1ccccc1)NC(=O)c1ccccc1. The Labute approximate surface area is 254 Å². The molecule has 0 aromatic heterocycles. The first-order valence-corrected chi connectivity index (χ1v) is 14.6. The van der Waals surface area contributed by atoms with Gasteiger partial charge in [0, 0.05) is 21.8 Å². The van der Waals surface area contributed by atoms with Crippen molar-refractivity contribution in [1.82, 2.24) is 5.32 Å². The van der Waals surface area contributed by atoms with E-state index in [0.29, 0.717) is 16.9 Å². The number of benzene rings is 5. The minimum absolute atomic E-state index is 0.0995. The van der Waals surface area contributed by atoms with Gasteiger partial charge in [0.1, 0.15) is 10.9 Å². The van der Waals surface area contributed by atoms with Gasteiger partial charge in [0.15, 0.2) is 0 Å². The zero-order chi connectivity index (χ0) is 29.9. The van der Waals surface area contributed by atoms with Crippen LogP contribution in [-0.2, 0) is 9.59 Å². The highest BCUT2D eigenvalue weighted by Crippen LogP contribution is 2.37. The second-order valence-electron chi connectivity index (χ2n) is 9.53. The summed E-state index contributed by atoms with van der Waals surface area (Å²) in [5, 5.41) is 8.13. The number of carbonyl (C=O) groups excluding carboxylic acids is 3. The number of nitrogens with one attached hydrogen (secondary N) is 3. The van der Waals surface area contributed by atoms with Crippen LogP contribution in [0.1, 0.15) is 26.7 Å². The van der Waals surface area contributed by atoms with Crippen molar-refractivity contribution < 1.29 is 14.4 Å². The molecule has 0 aliphatic carbocycles. The summed E-state index contributed by atoms with van der Waals surface area (Å²) >= 11 is 1.38. The first-order valence-electron chi connectivity index (χ1n) is 13.7. The van der Waals surface area contributed by atoms with Crippen LogP contribution in [0.25, 0.3) is 6.08 Å². The Morgan fingerprint density at radius 3 is 1.86 bits per heavy atom. The molecule has 0 saturated heterocycles. The fourth-order valence-electron chi connectivity index (χ4n) is 4.27. The van der Waals surface area contributed by atoms with Crippen LogP contribution in [0.4, 0.5) is 11.4 Å². The Morgan fingerprint density at radius 2 is 1.19 bits per heavy atom. The number of thioether (sulfide) groups is 1. The number of rotatable bonds is 10. The molecule has 0 heterocycles. The summed E-state index contributed by atoms with van der Waals surface area (Å²) in [4.78, 5) is 40.6. The summed E-state index contributed by atoms with van der Waals surface area (Å²) < 4.78 is 0. The minimum atomic E-state index is -0.536. The lowest BCUT2D eigenvalue weighted by atomic mass is 10.1. The van der Waals surface area contributed by atoms with E-state index in [1.807, 2.05) is 115 Å². The van der Waals surface area contributed by atoms with Crippen LogP contribution in [0.3, 0.4) is 0 Å². The average Bonchev–Trinajstić information content (AvgIpc) is 3.05. The lowest BCUT2D eigenvalue weighted by molar-refractivity contribution is -0.116. The van der Waals surface area contributed by atoms with Crippen molar-refractivity contribution >= 4 is 46.9 Å². The summed E-state index contributed by atoms with van der Waals surface area (Å²) in [7, 11) is 0. The van der Waals surface area contributed by atoms with Crippen LogP contribution in [-0.4, -0.2) is 17.7 Å². The Bertz CT molecular complexity index is 1710. The molecule has 5 aromatic rings. The molecule has 0 radical (unpaired) electrons. The third-order valence-corrected chi connectivity index (χ3v) is 7.62. The molecule has 7 heteroatoms. The van der Waals surface area contributed by atoms with Gasteiger partial charge in [0.2, 0.25) is 5.91 Å². The van der Waals surface area contributed by atoms with Crippen LogP contribution in [0.5, 0.6) is 0 Å². The van der Waals surface area contributed by atoms with Gasteiger partial charge in [-0.1, -0.05) is 103 Å². The summed E-state index contributed by atoms with van der Waals surface area (Å²) in [6.45, 7) is 0. The van der Waals surface area contributed by atoms with E-state index in [9.17, 15) is 14.4 Å². The van der Waals surface area contributed by atoms with Crippen molar-refractivity contribution in [2.45, 2.75) is 10.1 Å². The van der Waals surface area contributed by atoms with E-state index in [0.717, 1.165) is 16.0 Å². The van der Waals surface area contributed by atoms with Gasteiger partial charge in [-0.05, 0) is 59.7 Å². The standard InChI is InChI=1S/C36H29N3O3S/c40-34(28-18-9-3-10-19-28)39-32(24-26-14-5-1-6-15-26)35(41)38-30-22-13-23-31(25-30)43-33(27-16-7-2-8-17-27)36(42)37-29-20-11-4-12-21-29/h1-25,33H,(H,37,42)(H,38,41)(H,39,40)/b32-24-. The third kappa shape index (κ3) is 8.31. The smallest absolute Gasteiger partial charge is 0.272 e. The molecular formula is C36H29N3O3S. The largest absolute Gasteiger partial charge is 0.325 e. The van der Waals surface area contributed by atoms with E-state index in [2.05, 4.69) is 16.0 Å². The highest BCUT2D eigenvalue weighted by Gasteiger charge is 2.23. The topological polar surface area (TPSA) is 87.3 Å². The fraction of sp³-hybridized carbons (Fsp3) is 0.0278. The zero-order valence-electron chi connectivity index (χ0n) is 23.1. The maximum absolute atomic E-state index is 13.5. The van der Waals surface area contributed by atoms with Crippen molar-refractivity contribution in [3.8, 4) is 0 Å². The van der Waals surface area contributed by atoms with Crippen LogP contribution < -0.4 is 16.0 Å². The molecule has 1 atom stereocenters. The van der Waals surface area contributed by atoms with Gasteiger partial charge in [-0.15, -0.1) is 11.8 Å². The van der Waals surface area contributed by atoms with Crippen molar-refractivity contribution in [1.29, 1.82) is 0 Å². The summed E-state index contributed by atoms with van der Waals surface area (Å²) in [5.41, 5.74) is 3.40. The Balaban J connectivity index is 1.36. The quantitative estimate of drug-likeness (QED) is 0.117. The number of para-hydroxylation sites is 1. The normalized spacial score (nSPS) is 11.7. The molecule has 0 fully saturated rings. The van der Waals surface area contributed by atoms with Gasteiger partial charge in [0.25, 0.3) is 11.8 Å². The van der Waals surface area contributed by atoms with Crippen LogP contribution >= 0.6 is 11.8 Å². The Morgan fingerprint density at radius 1 is 0.605 bits per heavy atom. The molecule has 212 valence electrons. The van der Waals surface area contributed by atoms with E-state index in [-0.39, 0.29) is 11.6 Å². The van der Waals surface area contributed by atoms with Gasteiger partial charge >= 0.3 is 0 Å². The van der Waals surface area contributed by atoms with Gasteiger partial charge < -0.3 is 16.0 Å². The summed E-state index contributed by atoms with van der Waals surface area (Å²) in [5.74, 6) is -1.03. The van der Waals surface area contributed by atoms with Gasteiger partial charge in [0.05, 0.1) is 0 Å². The van der Waals surface area contributed by atoms with E-state index in [1.165, 1.54) is 11.8 Å². The predicted molar refractivity (Wildman–Crippen MR) is 174 cm³/mol. The maximum atomic E-state index is 13.5. The second kappa shape index (κ2) is 14.5. The van der Waals surface area contributed by atoms with Crippen molar-refractivity contribution in [3.63, 3.8) is 0 Å². The van der Waals surface area contributed by atoms with Gasteiger partial charge in [-0.2, -0.15) is 0 Å². The monoisotopic (exact) mass is 583 g/mol. The van der Waals surface area contributed by atoms with E-state index >= 15 is 0 Å². The van der Waals surface area contributed by atoms with Crippen LogP contribution in [0, 0.1) is 0 Å². The lowest BCUT2D eigenvalue weighted by Gasteiger charge is -2.18. The maximum Gasteiger partial charge on any atom is 0.272 e. The minimum Gasteiger partial charge on any atom is -0.325 e. The highest BCUT2D eigenvalue weighted by molar-refractivity contribution is 8.00. The molecule has 0 aliphatic heterocycles. The van der Waals surface area contributed by atoms with Gasteiger partial charge in [-0.3, -0.25) is 14.4 Å². The number of hydrogen-bond donors (Lipinski definition) is 3. The molecule has 1 unspecified atom stereocenters. The molecule has 0 bridgehead atoms. The molecule has 3 N–H and O–H groups in total. The predicted octanol–water partition coefficient (Wildman–Crippen LogP) is 7.57. The van der Waals surface area contributed by atoms with Gasteiger partial charge in [-0.25, -0.2) is 0 Å². The number of carbonyl (C=O) groups is 3. The van der Waals surface area contributed by atoms with E-state index < -0.39 is 17.1 Å². The summed E-state index contributed by atoms with van der Waals surface area (Å²) in [6, 6.07) is 44.2. The first kappa shape index (κ1) is 29.1. The van der Waals surface area contributed by atoms with Crippen molar-refractivity contribution in [2.75, 3.05) is 10.6 Å². The summed E-state index contributed by atoms with van der Waals surface area (Å²) in [6.07, 6.45) is 1.63. The lowest BCUT2D eigenvalue weighted by Crippen LogP contribution is -2.30. The first-order chi connectivity index (χ1) is 21.0. The Kier molecular flexibility index (Phi) is 9.80. The molecule has 43 heavy (non-hydrogen) atoms. The molecular weight excluding hydrogens is 554 g/mol. The molecule has 0 aliphatic rings. The van der Waals surface area contributed by atoms with E-state index in [1.54, 1.807) is 36.4 Å². The number of amides is 3. The molecule has 6 nitrogen and oxygen atoms in total. The highest BCUT2D eigenvalue weighted by atomic mass is 32.2. The second-order valence-corrected chi connectivity index (χ2v) is 10.7. The number of hydrogen-bond acceptors (Lipinski definition) is 4. The van der Waals surface area contributed by atoms with Crippen LogP contribution in [0.15, 0.2) is 156 Å². The Hall–Kier alpha value is -5.40. The average molecular weight is 584 g/mol. The molecule has 0 saturated carbocycles. The molecule has 5 rings (SSSR count). The molecule has 5 aromatic carbocycles. The van der Waals surface area contributed by atoms with Crippen molar-refractivity contribution in [3.05, 3.63) is 168 Å².